The molecule has 0 saturated carbocycles. The number of hydrogen-bond acceptors (Lipinski definition) is 7. The first kappa shape index (κ1) is 29.4. The number of rotatable bonds is 8. The lowest BCUT2D eigenvalue weighted by Gasteiger charge is -2.19. The van der Waals surface area contributed by atoms with Gasteiger partial charge in [-0.2, -0.15) is 5.26 Å². The second-order valence-corrected chi connectivity index (χ2v) is 11.0. The maximum absolute atomic E-state index is 14.9. The number of pyridine rings is 3. The zero-order valence-corrected chi connectivity index (χ0v) is 24.8. The van der Waals surface area contributed by atoms with Crippen LogP contribution in [-0.2, 0) is 12.0 Å². The minimum Gasteiger partial charge on any atom is -0.497 e. The number of methoxy groups -OCH3 is 1. The molecule has 216 valence electrons. The molecule has 0 radical (unpaired) electrons. The monoisotopic (exact) mass is 594 g/mol. The number of amides is 1. The Morgan fingerprint density at radius 2 is 1.84 bits per heavy atom. The first-order valence-electron chi connectivity index (χ1n) is 13.4. The van der Waals surface area contributed by atoms with Crippen molar-refractivity contribution in [2.45, 2.75) is 25.8 Å². The molecular weight excluding hydrogens is 567 g/mol. The van der Waals surface area contributed by atoms with E-state index in [1.165, 1.54) is 18.3 Å². The number of carbonyl (C=O) groups excluding carboxylic acids is 1. The Labute approximate surface area is 253 Å². The third-order valence-corrected chi connectivity index (χ3v) is 7.44. The highest BCUT2D eigenvalue weighted by Crippen LogP contribution is 2.34. The van der Waals surface area contributed by atoms with Gasteiger partial charge in [0.2, 0.25) is 0 Å². The predicted molar refractivity (Wildman–Crippen MR) is 166 cm³/mol. The predicted octanol–water partition coefficient (Wildman–Crippen LogP) is 7.18. The zero-order valence-electron chi connectivity index (χ0n) is 24.0. The summed E-state index contributed by atoms with van der Waals surface area (Å²) >= 11 is 6.44. The average molecular weight is 595 g/mol. The van der Waals surface area contributed by atoms with Crippen LogP contribution in [0.2, 0.25) is 5.02 Å². The van der Waals surface area contributed by atoms with Gasteiger partial charge >= 0.3 is 0 Å². The van der Waals surface area contributed by atoms with Crippen LogP contribution in [0.5, 0.6) is 5.75 Å². The molecule has 0 saturated heterocycles. The lowest BCUT2D eigenvalue weighted by molar-refractivity contribution is 0.102. The normalized spacial score (nSPS) is 11.2. The molecule has 3 aromatic heterocycles. The van der Waals surface area contributed by atoms with Gasteiger partial charge in [0, 0.05) is 54.8 Å². The summed E-state index contributed by atoms with van der Waals surface area (Å²) in [6.45, 7) is 4.13. The topological polar surface area (TPSA) is 104 Å². The van der Waals surface area contributed by atoms with Crippen molar-refractivity contribution in [2.24, 2.45) is 0 Å². The average Bonchev–Trinajstić information content (AvgIpc) is 3.02. The van der Waals surface area contributed by atoms with E-state index in [1.54, 1.807) is 39.4 Å². The molecule has 0 fully saturated rings. The van der Waals surface area contributed by atoms with Crippen molar-refractivity contribution in [3.8, 4) is 22.9 Å². The fraction of sp³-hybridized carbons (Fsp3) is 0.182. The summed E-state index contributed by atoms with van der Waals surface area (Å²) in [4.78, 5) is 28.3. The van der Waals surface area contributed by atoms with Gasteiger partial charge in [-0.3, -0.25) is 14.8 Å². The Kier molecular flexibility index (Phi) is 8.24. The van der Waals surface area contributed by atoms with Gasteiger partial charge in [-0.1, -0.05) is 23.7 Å². The Morgan fingerprint density at radius 1 is 1.07 bits per heavy atom. The second kappa shape index (κ2) is 12.0. The fourth-order valence-corrected chi connectivity index (χ4v) is 4.77. The van der Waals surface area contributed by atoms with Crippen molar-refractivity contribution in [3.05, 3.63) is 107 Å². The van der Waals surface area contributed by atoms with E-state index < -0.39 is 17.1 Å². The minimum absolute atomic E-state index is 0.0583. The quantitative estimate of drug-likeness (QED) is 0.203. The summed E-state index contributed by atoms with van der Waals surface area (Å²) in [6, 6.07) is 19.6. The number of anilines is 2. The standard InChI is InChI=1S/C33H28ClFN6O2/c1-33(2,19-36)23-9-10-37-30(12-23)32(42)40-29-13-25(26(34)14-27(29)35)21-11-22-17-39-31(15-28(22)38-16-21)41(3)18-20-5-7-24(43-4)8-6-20/h5-17H,18H2,1-4H3,(H,40,42). The van der Waals surface area contributed by atoms with Crippen LogP contribution in [0.4, 0.5) is 15.9 Å². The highest BCUT2D eigenvalue weighted by atomic mass is 35.5. The second-order valence-electron chi connectivity index (χ2n) is 10.6. The molecular formula is C33H28ClFN6O2. The fourth-order valence-electron chi connectivity index (χ4n) is 4.51. The van der Waals surface area contributed by atoms with E-state index in [0.29, 0.717) is 23.2 Å². The van der Waals surface area contributed by atoms with E-state index in [2.05, 4.69) is 26.3 Å². The molecule has 0 bridgehead atoms. The summed E-state index contributed by atoms with van der Waals surface area (Å²) in [6.07, 6.45) is 4.83. The van der Waals surface area contributed by atoms with Gasteiger partial charge in [0.25, 0.3) is 5.91 Å². The summed E-state index contributed by atoms with van der Waals surface area (Å²) < 4.78 is 20.1. The van der Waals surface area contributed by atoms with Gasteiger partial charge in [0.05, 0.1) is 34.8 Å². The molecule has 0 aliphatic carbocycles. The molecule has 10 heteroatoms. The first-order chi connectivity index (χ1) is 20.6. The number of fused-ring (bicyclic) bond motifs is 1. The molecule has 8 nitrogen and oxygen atoms in total. The molecule has 0 aliphatic heterocycles. The van der Waals surface area contributed by atoms with Crippen LogP contribution in [0.25, 0.3) is 22.0 Å². The third kappa shape index (κ3) is 6.40. The van der Waals surface area contributed by atoms with Crippen molar-refractivity contribution in [1.29, 1.82) is 5.26 Å². The Balaban J connectivity index is 1.38. The Bertz CT molecular complexity index is 1870. The smallest absolute Gasteiger partial charge is 0.274 e. The summed E-state index contributed by atoms with van der Waals surface area (Å²) in [7, 11) is 3.59. The minimum atomic E-state index is -0.818. The van der Waals surface area contributed by atoms with E-state index in [9.17, 15) is 14.4 Å². The van der Waals surface area contributed by atoms with E-state index in [-0.39, 0.29) is 16.4 Å². The van der Waals surface area contributed by atoms with E-state index in [0.717, 1.165) is 34.1 Å². The molecule has 5 aromatic rings. The molecule has 2 aromatic carbocycles. The molecule has 0 unspecified atom stereocenters. The van der Waals surface area contributed by atoms with Crippen molar-refractivity contribution in [2.75, 3.05) is 24.4 Å². The molecule has 0 atom stereocenters. The van der Waals surface area contributed by atoms with E-state index in [1.807, 2.05) is 48.3 Å². The molecule has 1 amide bonds. The largest absolute Gasteiger partial charge is 0.497 e. The lowest BCUT2D eigenvalue weighted by Crippen LogP contribution is -2.18. The highest BCUT2D eigenvalue weighted by Gasteiger charge is 2.22. The molecule has 43 heavy (non-hydrogen) atoms. The first-order valence-corrected chi connectivity index (χ1v) is 13.7. The molecule has 0 spiro atoms. The van der Waals surface area contributed by atoms with Crippen LogP contribution < -0.4 is 15.0 Å². The lowest BCUT2D eigenvalue weighted by atomic mass is 9.86. The number of hydrogen-bond donors (Lipinski definition) is 1. The number of aromatic nitrogens is 3. The Morgan fingerprint density at radius 3 is 2.56 bits per heavy atom. The van der Waals surface area contributed by atoms with Gasteiger partial charge in [0.1, 0.15) is 23.1 Å². The number of nitrogens with one attached hydrogen (secondary N) is 1. The van der Waals surface area contributed by atoms with E-state index in [4.69, 9.17) is 16.3 Å². The number of carbonyl (C=O) groups is 1. The van der Waals surface area contributed by atoms with Crippen molar-refractivity contribution in [3.63, 3.8) is 0 Å². The SMILES string of the molecule is COc1ccc(CN(C)c2cc3ncc(-c4cc(NC(=O)c5cc(C(C)(C)C#N)ccn5)c(F)cc4Cl)cc3cn2)cc1. The van der Waals surface area contributed by atoms with Crippen LogP contribution in [0, 0.1) is 17.1 Å². The zero-order chi connectivity index (χ0) is 30.7. The van der Waals surface area contributed by atoms with Crippen molar-refractivity contribution >= 4 is 39.9 Å². The number of halogens is 2. The summed E-state index contributed by atoms with van der Waals surface area (Å²) in [5.74, 6) is 0.239. The van der Waals surface area contributed by atoms with Gasteiger partial charge in [-0.05, 0) is 67.4 Å². The van der Waals surface area contributed by atoms with Crippen LogP contribution in [0.15, 0.2) is 79.3 Å². The molecule has 0 aliphatic rings. The molecule has 5 rings (SSSR count). The van der Waals surface area contributed by atoms with Crippen molar-refractivity contribution < 1.29 is 13.9 Å². The van der Waals surface area contributed by atoms with Crippen LogP contribution in [-0.4, -0.2) is 35.0 Å². The third-order valence-electron chi connectivity index (χ3n) is 7.13. The number of benzene rings is 2. The number of nitriles is 1. The van der Waals surface area contributed by atoms with Gasteiger partial charge in [0.15, 0.2) is 0 Å². The summed E-state index contributed by atoms with van der Waals surface area (Å²) in [5, 5.41) is 13.0. The van der Waals surface area contributed by atoms with Crippen molar-refractivity contribution in [1.82, 2.24) is 15.0 Å². The maximum Gasteiger partial charge on any atom is 0.274 e. The Hall–Kier alpha value is -5.07. The van der Waals surface area contributed by atoms with Gasteiger partial charge in [-0.25, -0.2) is 9.37 Å². The number of nitrogens with zero attached hydrogens (tertiary/aromatic N) is 5. The number of ether oxygens (including phenoxy) is 1. The highest BCUT2D eigenvalue weighted by molar-refractivity contribution is 6.33. The van der Waals surface area contributed by atoms with Crippen LogP contribution >= 0.6 is 11.6 Å². The molecule has 3 heterocycles. The van der Waals surface area contributed by atoms with E-state index >= 15 is 0 Å². The molecule has 1 N–H and O–H groups in total. The van der Waals surface area contributed by atoms with Gasteiger partial charge in [-0.15, -0.1) is 0 Å². The maximum atomic E-state index is 14.9. The van der Waals surface area contributed by atoms with Gasteiger partial charge < -0.3 is 15.0 Å². The summed E-state index contributed by atoms with van der Waals surface area (Å²) in [5.41, 5.74) is 2.75. The van der Waals surface area contributed by atoms with Crippen LogP contribution in [0.1, 0.15) is 35.5 Å². The van der Waals surface area contributed by atoms with Crippen LogP contribution in [0.3, 0.4) is 0 Å².